The van der Waals surface area contributed by atoms with E-state index >= 15 is 0 Å². The summed E-state index contributed by atoms with van der Waals surface area (Å²) < 4.78 is 1.10. The zero-order chi connectivity index (χ0) is 10.7. The number of hydrogen-bond acceptors (Lipinski definition) is 4. The zero-order valence-corrected chi connectivity index (χ0v) is 9.19. The van der Waals surface area contributed by atoms with Crippen molar-refractivity contribution >= 4 is 26.7 Å². The molecule has 3 nitrogen and oxygen atoms in total. The van der Waals surface area contributed by atoms with E-state index in [-0.39, 0.29) is 0 Å². The fraction of sp³-hybridized carbons (Fsp3) is 0.182. The van der Waals surface area contributed by atoms with Crippen LogP contribution in [-0.4, -0.2) is 18.6 Å². The number of nitrogens with two attached hydrogens (primary N) is 1. The molecule has 1 aromatic carbocycles. The largest absolute Gasteiger partial charge is 0.375 e. The average Bonchev–Trinajstić information content (AvgIpc) is 2.57. The van der Waals surface area contributed by atoms with Crippen LogP contribution in [0.25, 0.3) is 10.2 Å². The fourth-order valence-electron chi connectivity index (χ4n) is 1.26. The minimum atomic E-state index is 0.602. The summed E-state index contributed by atoms with van der Waals surface area (Å²) in [6.07, 6.45) is 0. The molecule has 0 aliphatic carbocycles. The molecule has 0 unspecified atom stereocenters. The molecular weight excluding hydrogens is 206 g/mol. The minimum Gasteiger partial charge on any atom is -0.375 e. The SMILES string of the molecule is CNCC#Cc1ccc2sc(N)nc2c1. The predicted molar refractivity (Wildman–Crippen MR) is 64.8 cm³/mol. The van der Waals surface area contributed by atoms with Crippen LogP contribution in [0.3, 0.4) is 0 Å². The van der Waals surface area contributed by atoms with E-state index in [0.717, 1.165) is 15.8 Å². The Hall–Kier alpha value is -1.57. The van der Waals surface area contributed by atoms with Gasteiger partial charge in [0.1, 0.15) is 0 Å². The lowest BCUT2D eigenvalue weighted by atomic mass is 10.2. The van der Waals surface area contributed by atoms with Gasteiger partial charge in [-0.1, -0.05) is 23.2 Å². The lowest BCUT2D eigenvalue weighted by Crippen LogP contribution is -2.04. The predicted octanol–water partition coefficient (Wildman–Crippen LogP) is 1.45. The molecule has 0 spiro atoms. The highest BCUT2D eigenvalue weighted by molar-refractivity contribution is 7.22. The Morgan fingerprint density at radius 2 is 2.40 bits per heavy atom. The van der Waals surface area contributed by atoms with E-state index in [1.807, 2.05) is 25.2 Å². The van der Waals surface area contributed by atoms with E-state index in [0.29, 0.717) is 11.7 Å². The van der Waals surface area contributed by atoms with E-state index in [9.17, 15) is 0 Å². The van der Waals surface area contributed by atoms with Gasteiger partial charge in [0, 0.05) is 5.56 Å². The number of anilines is 1. The third-order valence-electron chi connectivity index (χ3n) is 1.90. The first kappa shape index (κ1) is 9.97. The van der Waals surface area contributed by atoms with Crippen molar-refractivity contribution in [2.24, 2.45) is 0 Å². The Bertz CT molecular complexity index is 533. The van der Waals surface area contributed by atoms with Gasteiger partial charge in [-0.2, -0.15) is 0 Å². The monoisotopic (exact) mass is 217 g/mol. The molecule has 0 fully saturated rings. The van der Waals surface area contributed by atoms with Crippen molar-refractivity contribution in [2.75, 3.05) is 19.3 Å². The number of fused-ring (bicyclic) bond motifs is 1. The van der Waals surface area contributed by atoms with Gasteiger partial charge in [0.2, 0.25) is 0 Å². The van der Waals surface area contributed by atoms with Gasteiger partial charge in [-0.25, -0.2) is 4.98 Å². The van der Waals surface area contributed by atoms with Gasteiger partial charge in [-0.3, -0.25) is 0 Å². The molecule has 0 atom stereocenters. The minimum absolute atomic E-state index is 0.602. The quantitative estimate of drug-likeness (QED) is 0.711. The van der Waals surface area contributed by atoms with E-state index in [1.165, 1.54) is 11.3 Å². The smallest absolute Gasteiger partial charge is 0.181 e. The highest BCUT2D eigenvalue weighted by Crippen LogP contribution is 2.23. The second-order valence-corrected chi connectivity index (χ2v) is 4.13. The van der Waals surface area contributed by atoms with Crippen molar-refractivity contribution < 1.29 is 0 Å². The molecule has 15 heavy (non-hydrogen) atoms. The lowest BCUT2D eigenvalue weighted by Gasteiger charge is -1.90. The summed E-state index contributed by atoms with van der Waals surface area (Å²) in [6.45, 7) is 0.692. The first-order chi connectivity index (χ1) is 7.29. The number of hydrogen-bond donors (Lipinski definition) is 2. The number of rotatable bonds is 1. The number of benzene rings is 1. The molecule has 2 rings (SSSR count). The summed E-state index contributed by atoms with van der Waals surface area (Å²) in [4.78, 5) is 4.21. The molecule has 3 N–H and O–H groups in total. The number of nitrogen functional groups attached to an aromatic ring is 1. The van der Waals surface area contributed by atoms with Gasteiger partial charge in [-0.15, -0.1) is 0 Å². The van der Waals surface area contributed by atoms with Gasteiger partial charge in [0.15, 0.2) is 5.13 Å². The van der Waals surface area contributed by atoms with Crippen LogP contribution in [0.4, 0.5) is 5.13 Å². The number of thiazole rings is 1. The molecule has 4 heteroatoms. The van der Waals surface area contributed by atoms with Gasteiger partial charge < -0.3 is 11.1 Å². The maximum Gasteiger partial charge on any atom is 0.181 e. The number of nitrogens with zero attached hydrogens (tertiary/aromatic N) is 1. The Labute approximate surface area is 92.3 Å². The Balaban J connectivity index is 2.35. The molecule has 0 bridgehead atoms. The van der Waals surface area contributed by atoms with E-state index in [2.05, 4.69) is 22.1 Å². The van der Waals surface area contributed by atoms with Crippen molar-refractivity contribution in [3.8, 4) is 11.8 Å². The van der Waals surface area contributed by atoms with Crippen LogP contribution in [0.15, 0.2) is 18.2 Å². The van der Waals surface area contributed by atoms with E-state index in [1.54, 1.807) is 0 Å². The van der Waals surface area contributed by atoms with Crippen LogP contribution >= 0.6 is 11.3 Å². The Kier molecular flexibility index (Phi) is 2.86. The summed E-state index contributed by atoms with van der Waals surface area (Å²) in [5.41, 5.74) is 7.52. The van der Waals surface area contributed by atoms with Crippen LogP contribution in [0.2, 0.25) is 0 Å². The van der Waals surface area contributed by atoms with E-state index in [4.69, 9.17) is 5.73 Å². The first-order valence-electron chi connectivity index (χ1n) is 4.59. The number of aromatic nitrogens is 1. The molecule has 1 aromatic heterocycles. The normalized spacial score (nSPS) is 9.93. The van der Waals surface area contributed by atoms with Crippen LogP contribution in [0.1, 0.15) is 5.56 Å². The summed E-state index contributed by atoms with van der Waals surface area (Å²) in [5.74, 6) is 6.06. The standard InChI is InChI=1S/C11H11N3S/c1-13-6-2-3-8-4-5-10-9(7-8)14-11(12)15-10/h4-5,7,13H,6H2,1H3,(H2,12,14). The molecule has 0 radical (unpaired) electrons. The maximum absolute atomic E-state index is 5.62. The molecule has 1 heterocycles. The summed E-state index contributed by atoms with van der Waals surface area (Å²) in [5, 5.41) is 3.57. The van der Waals surface area contributed by atoms with Crippen LogP contribution in [0.5, 0.6) is 0 Å². The highest BCUT2D eigenvalue weighted by atomic mass is 32.1. The summed E-state index contributed by atoms with van der Waals surface area (Å²) in [6, 6.07) is 5.96. The third-order valence-corrected chi connectivity index (χ3v) is 2.77. The average molecular weight is 217 g/mol. The molecule has 0 aliphatic heterocycles. The van der Waals surface area contributed by atoms with Gasteiger partial charge in [0.05, 0.1) is 16.8 Å². The van der Waals surface area contributed by atoms with Crippen molar-refractivity contribution in [3.05, 3.63) is 23.8 Å². The van der Waals surface area contributed by atoms with Crippen LogP contribution in [0, 0.1) is 11.8 Å². The van der Waals surface area contributed by atoms with Gasteiger partial charge in [-0.05, 0) is 25.2 Å². The molecule has 76 valence electrons. The second kappa shape index (κ2) is 4.30. The molecule has 0 aliphatic rings. The van der Waals surface area contributed by atoms with Gasteiger partial charge >= 0.3 is 0 Å². The Morgan fingerprint density at radius 1 is 1.53 bits per heavy atom. The second-order valence-electron chi connectivity index (χ2n) is 3.07. The summed E-state index contributed by atoms with van der Waals surface area (Å²) >= 11 is 1.50. The van der Waals surface area contributed by atoms with E-state index < -0.39 is 0 Å². The van der Waals surface area contributed by atoms with Crippen molar-refractivity contribution in [2.45, 2.75) is 0 Å². The lowest BCUT2D eigenvalue weighted by molar-refractivity contribution is 0.938. The van der Waals surface area contributed by atoms with Crippen LogP contribution in [-0.2, 0) is 0 Å². The fourth-order valence-corrected chi connectivity index (χ4v) is 1.97. The van der Waals surface area contributed by atoms with Crippen molar-refractivity contribution in [1.29, 1.82) is 0 Å². The van der Waals surface area contributed by atoms with Crippen molar-refractivity contribution in [3.63, 3.8) is 0 Å². The molecule has 0 amide bonds. The molecule has 2 aromatic rings. The summed E-state index contributed by atoms with van der Waals surface area (Å²) in [7, 11) is 1.87. The first-order valence-corrected chi connectivity index (χ1v) is 5.41. The molecular formula is C11H11N3S. The van der Waals surface area contributed by atoms with Crippen molar-refractivity contribution in [1.82, 2.24) is 10.3 Å². The zero-order valence-electron chi connectivity index (χ0n) is 8.37. The molecule has 0 saturated carbocycles. The van der Waals surface area contributed by atoms with Gasteiger partial charge in [0.25, 0.3) is 0 Å². The van der Waals surface area contributed by atoms with Crippen LogP contribution < -0.4 is 11.1 Å². The topological polar surface area (TPSA) is 50.9 Å². The highest BCUT2D eigenvalue weighted by Gasteiger charge is 2.00. The number of nitrogens with one attached hydrogen (secondary N) is 1. The maximum atomic E-state index is 5.62. The third kappa shape index (κ3) is 2.27. The Morgan fingerprint density at radius 3 is 3.20 bits per heavy atom. The molecule has 0 saturated heterocycles.